The van der Waals surface area contributed by atoms with Crippen LogP contribution in [0.3, 0.4) is 0 Å². The number of carbonyl (C=O) groups is 2. The molecule has 2 amide bonds. The molecule has 2 aromatic rings. The van der Waals surface area contributed by atoms with Gasteiger partial charge in [0.25, 0.3) is 0 Å². The third-order valence-electron chi connectivity index (χ3n) is 2.97. The van der Waals surface area contributed by atoms with Crippen molar-refractivity contribution in [3.63, 3.8) is 0 Å². The molecule has 0 radical (unpaired) electrons. The Morgan fingerprint density at radius 2 is 1.82 bits per heavy atom. The number of amides is 2. The van der Waals surface area contributed by atoms with Crippen molar-refractivity contribution in [2.45, 2.75) is 19.8 Å². The molecule has 0 fully saturated rings. The molecular formula is C16H18N2O3S. The topological polar surface area (TPSA) is 67.4 Å². The zero-order chi connectivity index (χ0) is 16.1. The Bertz CT molecular complexity index is 665. The van der Waals surface area contributed by atoms with Crippen molar-refractivity contribution < 1.29 is 14.3 Å². The second kappa shape index (κ2) is 7.09. The fourth-order valence-electron chi connectivity index (χ4n) is 1.84. The van der Waals surface area contributed by atoms with E-state index < -0.39 is 12.0 Å². The molecule has 1 aromatic heterocycles. The van der Waals surface area contributed by atoms with Crippen LogP contribution in [0.5, 0.6) is 0 Å². The van der Waals surface area contributed by atoms with Gasteiger partial charge in [0.05, 0.1) is 12.8 Å². The van der Waals surface area contributed by atoms with Crippen LogP contribution in [0.4, 0.5) is 16.2 Å². The van der Waals surface area contributed by atoms with Gasteiger partial charge >= 0.3 is 12.0 Å². The first kappa shape index (κ1) is 16.0. The number of ether oxygens (including phenoxy) is 1. The highest BCUT2D eigenvalue weighted by Gasteiger charge is 2.19. The first-order valence-electron chi connectivity index (χ1n) is 6.86. The van der Waals surface area contributed by atoms with Gasteiger partial charge in [-0.15, -0.1) is 11.3 Å². The second-order valence-electron chi connectivity index (χ2n) is 4.98. The van der Waals surface area contributed by atoms with E-state index in [-0.39, 0.29) is 5.92 Å². The zero-order valence-electron chi connectivity index (χ0n) is 12.7. The average molecular weight is 318 g/mol. The van der Waals surface area contributed by atoms with E-state index in [4.69, 9.17) is 4.74 Å². The van der Waals surface area contributed by atoms with Gasteiger partial charge in [-0.25, -0.2) is 9.59 Å². The normalized spacial score (nSPS) is 10.4. The summed E-state index contributed by atoms with van der Waals surface area (Å²) in [6.45, 7) is 4.06. The van der Waals surface area contributed by atoms with Crippen LogP contribution in [-0.2, 0) is 4.74 Å². The number of hydrogen-bond acceptors (Lipinski definition) is 4. The maximum Gasteiger partial charge on any atom is 0.350 e. The number of urea groups is 1. The fourth-order valence-corrected chi connectivity index (χ4v) is 2.87. The number of hydrogen-bond donors (Lipinski definition) is 2. The van der Waals surface area contributed by atoms with Crippen LogP contribution in [0.1, 0.15) is 34.3 Å². The summed E-state index contributed by atoms with van der Waals surface area (Å²) in [5.41, 5.74) is 1.15. The summed E-state index contributed by atoms with van der Waals surface area (Å²) in [6, 6.07) is 10.5. The Hall–Kier alpha value is -2.34. The van der Waals surface area contributed by atoms with Crippen molar-refractivity contribution >= 4 is 34.7 Å². The van der Waals surface area contributed by atoms with E-state index in [0.29, 0.717) is 16.3 Å². The first-order valence-corrected chi connectivity index (χ1v) is 7.68. The van der Waals surface area contributed by atoms with Crippen LogP contribution in [0.2, 0.25) is 0 Å². The van der Waals surface area contributed by atoms with Gasteiger partial charge in [0.1, 0.15) is 4.88 Å². The Labute approximate surface area is 133 Å². The van der Waals surface area contributed by atoms with E-state index in [1.54, 1.807) is 12.1 Å². The number of methoxy groups -OCH3 is 1. The van der Waals surface area contributed by atoms with E-state index in [9.17, 15) is 9.59 Å². The fraction of sp³-hybridized carbons (Fsp3) is 0.250. The van der Waals surface area contributed by atoms with E-state index >= 15 is 0 Å². The maximum absolute atomic E-state index is 12.1. The summed E-state index contributed by atoms with van der Waals surface area (Å²) in [4.78, 5) is 25.3. The van der Waals surface area contributed by atoms with Crippen molar-refractivity contribution in [3.8, 4) is 0 Å². The average Bonchev–Trinajstić information content (AvgIpc) is 2.91. The van der Waals surface area contributed by atoms with Crippen LogP contribution in [0.15, 0.2) is 36.4 Å². The molecule has 0 bridgehead atoms. The van der Waals surface area contributed by atoms with Gasteiger partial charge < -0.3 is 15.4 Å². The summed E-state index contributed by atoms with van der Waals surface area (Å²) in [6.07, 6.45) is 0. The van der Waals surface area contributed by atoms with Gasteiger partial charge in [0.15, 0.2) is 0 Å². The molecule has 0 aliphatic carbocycles. The number of para-hydroxylation sites is 1. The smallest absolute Gasteiger partial charge is 0.350 e. The molecule has 0 atom stereocenters. The van der Waals surface area contributed by atoms with Crippen molar-refractivity contribution in [3.05, 3.63) is 46.2 Å². The summed E-state index contributed by atoms with van der Waals surface area (Å²) in [7, 11) is 1.32. The molecule has 0 saturated carbocycles. The van der Waals surface area contributed by atoms with Crippen LogP contribution < -0.4 is 10.6 Å². The van der Waals surface area contributed by atoms with Gasteiger partial charge in [-0.1, -0.05) is 32.0 Å². The molecular weight excluding hydrogens is 300 g/mol. The maximum atomic E-state index is 12.1. The molecule has 0 aliphatic heterocycles. The van der Waals surface area contributed by atoms with Crippen LogP contribution in [0, 0.1) is 0 Å². The molecule has 0 unspecified atom stereocenters. The predicted molar refractivity (Wildman–Crippen MR) is 88.8 cm³/mol. The summed E-state index contributed by atoms with van der Waals surface area (Å²) in [5.74, 6) is -0.187. The van der Waals surface area contributed by atoms with Crippen molar-refractivity contribution in [2.24, 2.45) is 0 Å². The highest BCUT2D eigenvalue weighted by Crippen LogP contribution is 2.32. The Balaban J connectivity index is 2.17. The molecule has 0 saturated heterocycles. The zero-order valence-corrected chi connectivity index (χ0v) is 13.5. The monoisotopic (exact) mass is 318 g/mol. The van der Waals surface area contributed by atoms with Gasteiger partial charge in [0, 0.05) is 10.6 Å². The van der Waals surface area contributed by atoms with E-state index in [1.165, 1.54) is 18.4 Å². The van der Waals surface area contributed by atoms with Gasteiger partial charge in [-0.05, 0) is 24.1 Å². The minimum absolute atomic E-state index is 0.265. The number of rotatable bonds is 4. The molecule has 1 aromatic carbocycles. The minimum Gasteiger partial charge on any atom is -0.465 e. The van der Waals surface area contributed by atoms with Crippen molar-refractivity contribution in [2.75, 3.05) is 17.7 Å². The van der Waals surface area contributed by atoms with Gasteiger partial charge in [0.2, 0.25) is 0 Å². The molecule has 1 heterocycles. The lowest BCUT2D eigenvalue weighted by atomic mass is 10.2. The third kappa shape index (κ3) is 3.85. The highest BCUT2D eigenvalue weighted by molar-refractivity contribution is 7.14. The number of anilines is 2. The molecule has 22 heavy (non-hydrogen) atoms. The Morgan fingerprint density at radius 1 is 1.14 bits per heavy atom. The Kier molecular flexibility index (Phi) is 5.16. The standard InChI is InChI=1S/C16H18N2O3S/c1-10(2)13-9-12(14(22-13)15(19)21-3)18-16(20)17-11-7-5-4-6-8-11/h4-10H,1-3H3,(H2,17,18,20). The van der Waals surface area contributed by atoms with E-state index in [1.807, 2.05) is 38.1 Å². The first-order chi connectivity index (χ1) is 10.5. The predicted octanol–water partition coefficient (Wildman–Crippen LogP) is 4.30. The number of benzene rings is 1. The molecule has 2 N–H and O–H groups in total. The van der Waals surface area contributed by atoms with Crippen LogP contribution in [-0.4, -0.2) is 19.1 Å². The van der Waals surface area contributed by atoms with Crippen molar-refractivity contribution in [1.82, 2.24) is 0 Å². The molecule has 0 aliphatic rings. The third-order valence-corrected chi connectivity index (χ3v) is 4.39. The van der Waals surface area contributed by atoms with Gasteiger partial charge in [-0.2, -0.15) is 0 Å². The lowest BCUT2D eigenvalue weighted by Gasteiger charge is -2.07. The number of carbonyl (C=O) groups excluding carboxylic acids is 2. The second-order valence-corrected chi connectivity index (χ2v) is 6.07. The molecule has 2 rings (SSSR count). The minimum atomic E-state index is -0.452. The van der Waals surface area contributed by atoms with E-state index in [2.05, 4.69) is 10.6 Å². The number of thiophene rings is 1. The summed E-state index contributed by atoms with van der Waals surface area (Å²) < 4.78 is 4.77. The molecule has 116 valence electrons. The lowest BCUT2D eigenvalue weighted by molar-refractivity contribution is 0.0607. The molecule has 6 heteroatoms. The number of esters is 1. The molecule has 0 spiro atoms. The number of nitrogens with one attached hydrogen (secondary N) is 2. The summed E-state index contributed by atoms with van der Waals surface area (Å²) in [5, 5.41) is 5.42. The Morgan fingerprint density at radius 3 is 2.41 bits per heavy atom. The lowest BCUT2D eigenvalue weighted by Crippen LogP contribution is -2.20. The molecule has 5 nitrogen and oxygen atoms in total. The largest absolute Gasteiger partial charge is 0.465 e. The SMILES string of the molecule is COC(=O)c1sc(C(C)C)cc1NC(=O)Nc1ccccc1. The summed E-state index contributed by atoms with van der Waals surface area (Å²) >= 11 is 1.33. The highest BCUT2D eigenvalue weighted by atomic mass is 32.1. The van der Waals surface area contributed by atoms with Crippen LogP contribution in [0.25, 0.3) is 0 Å². The van der Waals surface area contributed by atoms with Crippen LogP contribution >= 0.6 is 11.3 Å². The van der Waals surface area contributed by atoms with E-state index in [0.717, 1.165) is 4.88 Å². The van der Waals surface area contributed by atoms with Crippen molar-refractivity contribution in [1.29, 1.82) is 0 Å². The van der Waals surface area contributed by atoms with Gasteiger partial charge in [-0.3, -0.25) is 0 Å². The quantitative estimate of drug-likeness (QED) is 0.826.